The highest BCUT2D eigenvalue weighted by Gasteiger charge is 2.28. The van der Waals surface area contributed by atoms with Gasteiger partial charge in [0.05, 0.1) is 77.6 Å². The minimum atomic E-state index is 0.631. The number of hydrogen-bond acceptors (Lipinski definition) is 5. The van der Waals surface area contributed by atoms with Gasteiger partial charge in [-0.3, -0.25) is 0 Å². The highest BCUT2D eigenvalue weighted by molar-refractivity contribution is 6.28. The van der Waals surface area contributed by atoms with E-state index in [2.05, 4.69) is 397 Å². The van der Waals surface area contributed by atoms with Gasteiger partial charge in [-0.1, -0.05) is 291 Å². The third-order valence-corrected chi connectivity index (χ3v) is 25.1. The molecule has 0 bridgehead atoms. The first-order valence-electron chi connectivity index (χ1n) is 42.7. The zero-order valence-corrected chi connectivity index (χ0v) is 68.1. The van der Waals surface area contributed by atoms with Crippen LogP contribution in [0.5, 0.6) is 0 Å². The number of para-hydroxylation sites is 8. The van der Waals surface area contributed by atoms with Crippen LogP contribution in [0.2, 0.25) is 0 Å². The van der Waals surface area contributed by atoms with Crippen molar-refractivity contribution < 1.29 is 0 Å². The van der Waals surface area contributed by atoms with Crippen LogP contribution < -0.4 is 0 Å². The molecule has 11 heteroatoms. The lowest BCUT2D eigenvalue weighted by molar-refractivity contribution is 1.07. The Labute approximate surface area is 723 Å². The van der Waals surface area contributed by atoms with E-state index in [1.807, 2.05) is 72.8 Å². The summed E-state index contributed by atoms with van der Waals surface area (Å²) < 4.78 is 14.7. The number of benzene rings is 18. The average Bonchev–Trinajstić information content (AvgIpc) is 1.54. The summed E-state index contributed by atoms with van der Waals surface area (Å²) in [6.45, 7) is 0. The van der Waals surface area contributed by atoms with Crippen molar-refractivity contribution in [1.29, 1.82) is 0 Å². The lowest BCUT2D eigenvalue weighted by Crippen LogP contribution is -2.00. The lowest BCUT2D eigenvalue weighted by atomic mass is 10.1. The Balaban J connectivity index is 0.000000137. The number of aromatic nitrogens is 11. The highest BCUT2D eigenvalue weighted by Crippen LogP contribution is 2.48. The van der Waals surface area contributed by atoms with Crippen molar-refractivity contribution >= 4 is 131 Å². The molecule has 26 aromatic rings. The van der Waals surface area contributed by atoms with Crippen LogP contribution in [0.1, 0.15) is 0 Å². The summed E-state index contributed by atoms with van der Waals surface area (Å²) in [6, 6.07) is 158. The van der Waals surface area contributed by atoms with Gasteiger partial charge in [-0.15, -0.1) is 0 Å². The van der Waals surface area contributed by atoms with E-state index in [1.54, 1.807) is 0 Å². The molecule has 0 aliphatic carbocycles. The van der Waals surface area contributed by atoms with Crippen LogP contribution in [0.3, 0.4) is 0 Å². The Kier molecular flexibility index (Phi) is 16.7. The van der Waals surface area contributed by atoms with Crippen molar-refractivity contribution in [2.75, 3.05) is 0 Å². The van der Waals surface area contributed by atoms with Gasteiger partial charge in [-0.25, -0.2) is 24.9 Å². The third-order valence-electron chi connectivity index (χ3n) is 25.1. The standard InChI is InChI=1S/C58H37N5.C57H36N6/c1-5-17-38(18-6-1)50-37-51(39-19-7-2-8-20-39)60-58(59-50)40-29-31-43(32-30-40)61-52-27-15-14-26-45(52)48-35-55-49(36-54(48)61)47-34-33-46-44-25-13-16-28-53(44)62(41-21-9-3-10-22-41)56(46)57(47)63(55)42-23-11-4-12-24-42;1-5-17-37(18-6-1)55-58-56(38-19-7-2-8-20-38)60-57(59-55)39-29-31-42(32-30-39)61-49-27-15-14-26-44(49)47-35-52-48(36-51(47)61)46-34-33-45-43-25-13-16-28-50(43)62(40-21-9-3-10-22-40)53(45)54(46)63(52)41-23-11-4-12-24-41/h1-37H;1-36H. The van der Waals surface area contributed by atoms with Crippen molar-refractivity contribution in [2.24, 2.45) is 0 Å². The van der Waals surface area contributed by atoms with E-state index in [4.69, 9.17) is 24.9 Å². The summed E-state index contributed by atoms with van der Waals surface area (Å²) in [7, 11) is 0. The molecule has 8 heterocycles. The summed E-state index contributed by atoms with van der Waals surface area (Å²) in [4.78, 5) is 25.2. The smallest absolute Gasteiger partial charge is 0.164 e. The number of hydrogen-bond donors (Lipinski definition) is 0. The average molecular weight is 1610 g/mol. The first-order chi connectivity index (χ1) is 62.5. The maximum atomic E-state index is 5.12. The molecule has 0 fully saturated rings. The summed E-state index contributed by atoms with van der Waals surface area (Å²) >= 11 is 0. The number of rotatable bonds is 12. The summed E-state index contributed by atoms with van der Waals surface area (Å²) in [5, 5.41) is 14.5. The van der Waals surface area contributed by atoms with Crippen LogP contribution in [-0.2, 0) is 0 Å². The Morgan fingerprint density at radius 2 is 0.333 bits per heavy atom. The zero-order valence-electron chi connectivity index (χ0n) is 68.1. The molecule has 0 saturated carbocycles. The van der Waals surface area contributed by atoms with Crippen molar-refractivity contribution in [1.82, 2.24) is 52.3 Å². The first kappa shape index (κ1) is 71.7. The van der Waals surface area contributed by atoms with Crippen LogP contribution >= 0.6 is 0 Å². The molecule has 26 rings (SSSR count). The van der Waals surface area contributed by atoms with Crippen LogP contribution in [0.4, 0.5) is 0 Å². The molecule has 0 unspecified atom stereocenters. The van der Waals surface area contributed by atoms with Gasteiger partial charge >= 0.3 is 0 Å². The molecule has 0 aliphatic rings. The zero-order chi connectivity index (χ0) is 82.9. The number of nitrogens with zero attached hydrogens (tertiary/aromatic N) is 11. The summed E-state index contributed by atoms with van der Waals surface area (Å²) in [5.41, 5.74) is 28.4. The maximum absolute atomic E-state index is 5.12. The molecule has 0 radical (unpaired) electrons. The molecule has 11 nitrogen and oxygen atoms in total. The second-order valence-corrected chi connectivity index (χ2v) is 32.2. The fourth-order valence-electron chi connectivity index (χ4n) is 19.5. The predicted octanol–water partition coefficient (Wildman–Crippen LogP) is 28.9. The van der Waals surface area contributed by atoms with Crippen LogP contribution in [0.15, 0.2) is 443 Å². The predicted molar refractivity (Wildman–Crippen MR) is 521 cm³/mol. The minimum Gasteiger partial charge on any atom is -0.309 e. The quantitative estimate of drug-likeness (QED) is 0.121. The highest BCUT2D eigenvalue weighted by atomic mass is 15.1. The molecule has 588 valence electrons. The van der Waals surface area contributed by atoms with E-state index < -0.39 is 0 Å². The second-order valence-electron chi connectivity index (χ2n) is 32.2. The van der Waals surface area contributed by atoms with Crippen LogP contribution in [-0.4, -0.2) is 52.3 Å². The monoisotopic (exact) mass is 1610 g/mol. The van der Waals surface area contributed by atoms with Crippen LogP contribution in [0.25, 0.3) is 233 Å². The molecule has 8 aromatic heterocycles. The van der Waals surface area contributed by atoms with Gasteiger partial charge < -0.3 is 27.4 Å². The molecule has 18 aromatic carbocycles. The van der Waals surface area contributed by atoms with Gasteiger partial charge in [-0.2, -0.15) is 0 Å². The largest absolute Gasteiger partial charge is 0.309 e. The van der Waals surface area contributed by atoms with E-state index in [0.717, 1.165) is 106 Å². The van der Waals surface area contributed by atoms with E-state index in [0.29, 0.717) is 23.3 Å². The molecular weight excluding hydrogens is 1540 g/mol. The summed E-state index contributed by atoms with van der Waals surface area (Å²) in [6.07, 6.45) is 0. The van der Waals surface area contributed by atoms with E-state index >= 15 is 0 Å². The minimum absolute atomic E-state index is 0.631. The van der Waals surface area contributed by atoms with Gasteiger partial charge in [0.25, 0.3) is 0 Å². The molecule has 0 aliphatic heterocycles. The van der Waals surface area contributed by atoms with Gasteiger partial charge in [0.15, 0.2) is 23.3 Å². The first-order valence-corrected chi connectivity index (χ1v) is 42.7. The number of fused-ring (bicyclic) bond motifs is 20. The Morgan fingerprint density at radius 3 is 0.643 bits per heavy atom. The van der Waals surface area contributed by atoms with Crippen LogP contribution in [0, 0.1) is 0 Å². The molecular formula is C115H73N11. The molecule has 0 spiro atoms. The van der Waals surface area contributed by atoms with Crippen molar-refractivity contribution in [3.8, 4) is 102 Å². The van der Waals surface area contributed by atoms with Crippen molar-refractivity contribution in [3.05, 3.63) is 443 Å². The Bertz CT molecular complexity index is 8130. The van der Waals surface area contributed by atoms with Crippen molar-refractivity contribution in [2.45, 2.75) is 0 Å². The Hall–Kier alpha value is -17.2. The van der Waals surface area contributed by atoms with Crippen molar-refractivity contribution in [3.63, 3.8) is 0 Å². The SMILES string of the molecule is c1ccc(-c2cc(-c3ccccc3)nc(-c3ccc(-n4c5ccccc5c5cc6c(cc54)c4ccc5c7ccccc7n(-c7ccccc7)c5c4n6-c4ccccc4)cc3)n2)cc1.c1ccc(-c2nc(-c3ccccc3)nc(-c3ccc(-n4c5ccccc5c5cc6c(cc54)c4ccc5c7ccccc7n(-c7ccccc7)c5c4n6-c4ccccc4)cc3)n2)cc1. The molecule has 126 heavy (non-hydrogen) atoms. The van der Waals surface area contributed by atoms with E-state index in [-0.39, 0.29) is 0 Å². The fraction of sp³-hybridized carbons (Fsp3) is 0. The topological polar surface area (TPSA) is 94.0 Å². The third kappa shape index (κ3) is 11.6. The molecule has 0 atom stereocenters. The lowest BCUT2D eigenvalue weighted by Gasteiger charge is -2.12. The van der Waals surface area contributed by atoms with Gasteiger partial charge in [0.1, 0.15) is 0 Å². The van der Waals surface area contributed by atoms with E-state index in [1.165, 1.54) is 103 Å². The molecule has 0 amide bonds. The molecule has 0 saturated heterocycles. The summed E-state index contributed by atoms with van der Waals surface area (Å²) in [5.74, 6) is 2.61. The van der Waals surface area contributed by atoms with Gasteiger partial charge in [-0.05, 0) is 152 Å². The molecule has 0 N–H and O–H groups in total. The maximum Gasteiger partial charge on any atom is 0.164 e. The van der Waals surface area contributed by atoms with Gasteiger partial charge in [0.2, 0.25) is 0 Å². The normalized spacial score (nSPS) is 11.8. The van der Waals surface area contributed by atoms with E-state index in [9.17, 15) is 0 Å². The van der Waals surface area contributed by atoms with Gasteiger partial charge in [0, 0.05) is 132 Å². The Morgan fingerprint density at radius 1 is 0.127 bits per heavy atom. The fourth-order valence-corrected chi connectivity index (χ4v) is 19.5. The second kappa shape index (κ2) is 29.3.